The van der Waals surface area contributed by atoms with E-state index < -0.39 is 0 Å². The van der Waals surface area contributed by atoms with Gasteiger partial charge in [-0.2, -0.15) is 0 Å². The highest BCUT2D eigenvalue weighted by Crippen LogP contribution is 2.33. The lowest BCUT2D eigenvalue weighted by molar-refractivity contribution is 0.263. The summed E-state index contributed by atoms with van der Waals surface area (Å²) in [7, 11) is 0. The maximum atomic E-state index is 5.99. The number of nitrogens with zero attached hydrogens (tertiary/aromatic N) is 3. The average molecular weight is 252 g/mol. The molecule has 2 aromatic heterocycles. The van der Waals surface area contributed by atoms with E-state index in [0.717, 1.165) is 17.0 Å². The molecule has 0 radical (unpaired) electrons. The van der Waals surface area contributed by atoms with Crippen molar-refractivity contribution < 1.29 is 0 Å². The van der Waals surface area contributed by atoms with Gasteiger partial charge in [-0.05, 0) is 24.5 Å². The number of hydrogen-bond donors (Lipinski definition) is 0. The van der Waals surface area contributed by atoms with E-state index in [4.69, 9.17) is 11.6 Å². The Bertz CT molecular complexity index is 525. The number of aromatic nitrogens is 3. The van der Waals surface area contributed by atoms with Crippen LogP contribution in [0.2, 0.25) is 0 Å². The number of hydrogen-bond acceptors (Lipinski definition) is 2. The van der Waals surface area contributed by atoms with Gasteiger partial charge >= 0.3 is 0 Å². The zero-order valence-corrected chi connectivity index (χ0v) is 11.5. The molecule has 3 nitrogen and oxygen atoms in total. The molecule has 0 N–H and O–H groups in total. The lowest BCUT2D eigenvalue weighted by atomic mass is 9.88. The van der Waals surface area contributed by atoms with Gasteiger partial charge in [0.25, 0.3) is 0 Å². The zero-order valence-electron chi connectivity index (χ0n) is 10.7. The van der Waals surface area contributed by atoms with Crippen molar-refractivity contribution in [2.75, 3.05) is 0 Å². The Labute approximate surface area is 107 Å². The molecule has 2 aromatic rings. The van der Waals surface area contributed by atoms with Gasteiger partial charge in [-0.3, -0.25) is 0 Å². The van der Waals surface area contributed by atoms with Gasteiger partial charge in [0.05, 0.1) is 5.88 Å². The molecule has 0 saturated heterocycles. The Morgan fingerprint density at radius 1 is 1.41 bits per heavy atom. The van der Waals surface area contributed by atoms with Crippen molar-refractivity contribution >= 4 is 22.8 Å². The molecule has 1 unspecified atom stereocenters. The van der Waals surface area contributed by atoms with Gasteiger partial charge in [-0.1, -0.05) is 20.8 Å². The summed E-state index contributed by atoms with van der Waals surface area (Å²) in [5.74, 6) is 1.30. The minimum atomic E-state index is 0.145. The van der Waals surface area contributed by atoms with E-state index in [2.05, 4.69) is 42.2 Å². The first-order valence-electron chi connectivity index (χ1n) is 5.83. The van der Waals surface area contributed by atoms with E-state index >= 15 is 0 Å². The molecule has 2 heterocycles. The molecule has 4 heteroatoms. The molecule has 92 valence electrons. The largest absolute Gasteiger partial charge is 0.308 e. The highest BCUT2D eigenvalue weighted by molar-refractivity contribution is 6.16. The van der Waals surface area contributed by atoms with Crippen LogP contribution in [0, 0.1) is 5.41 Å². The van der Waals surface area contributed by atoms with Gasteiger partial charge in [-0.25, -0.2) is 9.97 Å². The van der Waals surface area contributed by atoms with E-state index in [1.165, 1.54) is 0 Å². The molecule has 0 aliphatic heterocycles. The van der Waals surface area contributed by atoms with Crippen molar-refractivity contribution in [1.82, 2.24) is 14.5 Å². The maximum Gasteiger partial charge on any atom is 0.160 e. The topological polar surface area (TPSA) is 30.7 Å². The molecule has 0 aliphatic rings. The third-order valence-corrected chi connectivity index (χ3v) is 3.52. The molecule has 0 aromatic carbocycles. The van der Waals surface area contributed by atoms with Crippen LogP contribution < -0.4 is 0 Å². The van der Waals surface area contributed by atoms with Gasteiger partial charge in [0, 0.05) is 12.2 Å². The highest BCUT2D eigenvalue weighted by Gasteiger charge is 2.26. The third kappa shape index (κ3) is 2.16. The van der Waals surface area contributed by atoms with Crippen molar-refractivity contribution in [1.29, 1.82) is 0 Å². The van der Waals surface area contributed by atoms with Gasteiger partial charge in [0.15, 0.2) is 5.65 Å². The minimum absolute atomic E-state index is 0.145. The molecule has 2 rings (SSSR count). The van der Waals surface area contributed by atoms with Crippen molar-refractivity contribution in [3.63, 3.8) is 0 Å². The standard InChI is InChI=1S/C13H18ClN3/c1-9(13(2,3)4)17-11(8-14)16-10-6-5-7-15-12(10)17/h5-7,9H,8H2,1-4H3. The Kier molecular flexibility index (Phi) is 3.13. The minimum Gasteiger partial charge on any atom is -0.308 e. The second kappa shape index (κ2) is 4.30. The second-order valence-electron chi connectivity index (χ2n) is 5.42. The van der Waals surface area contributed by atoms with Crippen molar-refractivity contribution in [3.05, 3.63) is 24.2 Å². The smallest absolute Gasteiger partial charge is 0.160 e. The van der Waals surface area contributed by atoms with Crippen LogP contribution in [0.15, 0.2) is 18.3 Å². The third-order valence-electron chi connectivity index (χ3n) is 3.28. The summed E-state index contributed by atoms with van der Waals surface area (Å²) >= 11 is 5.99. The molecule has 0 aliphatic carbocycles. The second-order valence-corrected chi connectivity index (χ2v) is 5.69. The van der Waals surface area contributed by atoms with Gasteiger partial charge in [0.1, 0.15) is 11.3 Å². The van der Waals surface area contributed by atoms with Crippen LogP contribution in [0.1, 0.15) is 39.6 Å². The lowest BCUT2D eigenvalue weighted by Gasteiger charge is -2.29. The van der Waals surface area contributed by atoms with Crippen LogP contribution in [0.3, 0.4) is 0 Å². The van der Waals surface area contributed by atoms with Crippen LogP contribution in [-0.4, -0.2) is 14.5 Å². The molecule has 1 atom stereocenters. The summed E-state index contributed by atoms with van der Waals surface area (Å²) < 4.78 is 2.16. The summed E-state index contributed by atoms with van der Waals surface area (Å²) in [6, 6.07) is 4.18. The van der Waals surface area contributed by atoms with Crippen molar-refractivity contribution in [3.8, 4) is 0 Å². The van der Waals surface area contributed by atoms with Crippen LogP contribution in [0.5, 0.6) is 0 Å². The van der Waals surface area contributed by atoms with Gasteiger partial charge in [0.2, 0.25) is 0 Å². The fraction of sp³-hybridized carbons (Fsp3) is 0.538. The zero-order chi connectivity index (χ0) is 12.6. The van der Waals surface area contributed by atoms with E-state index in [-0.39, 0.29) is 5.41 Å². The fourth-order valence-electron chi connectivity index (χ4n) is 1.87. The molecule has 0 saturated carbocycles. The average Bonchev–Trinajstić information content (AvgIpc) is 2.64. The predicted octanol–water partition coefficient (Wildman–Crippen LogP) is 3.78. The number of halogens is 1. The molecule has 0 amide bonds. The predicted molar refractivity (Wildman–Crippen MR) is 71.3 cm³/mol. The highest BCUT2D eigenvalue weighted by atomic mass is 35.5. The Balaban J connectivity index is 2.66. The molecule has 0 bridgehead atoms. The van der Waals surface area contributed by atoms with E-state index in [0.29, 0.717) is 11.9 Å². The number of imidazole rings is 1. The summed E-state index contributed by atoms with van der Waals surface area (Å²) in [6.45, 7) is 8.82. The fourth-order valence-corrected chi connectivity index (χ4v) is 2.05. The maximum absolute atomic E-state index is 5.99. The Morgan fingerprint density at radius 2 is 2.12 bits per heavy atom. The quantitative estimate of drug-likeness (QED) is 0.761. The number of alkyl halides is 1. The van der Waals surface area contributed by atoms with Crippen LogP contribution >= 0.6 is 11.6 Å². The normalized spacial score (nSPS) is 14.2. The summed E-state index contributed by atoms with van der Waals surface area (Å²) in [5.41, 5.74) is 1.98. The summed E-state index contributed by atoms with van der Waals surface area (Å²) in [5, 5.41) is 0. The number of pyridine rings is 1. The monoisotopic (exact) mass is 251 g/mol. The SMILES string of the molecule is CC(n1c(CCl)nc2cccnc21)C(C)(C)C. The van der Waals surface area contributed by atoms with Gasteiger partial charge in [-0.15, -0.1) is 11.6 Å². The molecular weight excluding hydrogens is 234 g/mol. The van der Waals surface area contributed by atoms with E-state index in [1.807, 2.05) is 12.1 Å². The van der Waals surface area contributed by atoms with E-state index in [1.54, 1.807) is 6.20 Å². The Morgan fingerprint density at radius 3 is 2.71 bits per heavy atom. The number of rotatable bonds is 2. The molecular formula is C13H18ClN3. The van der Waals surface area contributed by atoms with Crippen LogP contribution in [-0.2, 0) is 5.88 Å². The molecule has 17 heavy (non-hydrogen) atoms. The lowest BCUT2D eigenvalue weighted by Crippen LogP contribution is -2.23. The van der Waals surface area contributed by atoms with Crippen molar-refractivity contribution in [2.24, 2.45) is 5.41 Å². The van der Waals surface area contributed by atoms with Crippen molar-refractivity contribution in [2.45, 2.75) is 39.6 Å². The molecule has 0 spiro atoms. The first kappa shape index (κ1) is 12.4. The Hall–Kier alpha value is -1.09. The van der Waals surface area contributed by atoms with Crippen LogP contribution in [0.4, 0.5) is 0 Å². The summed E-state index contributed by atoms with van der Waals surface area (Å²) in [6.07, 6.45) is 1.80. The van der Waals surface area contributed by atoms with Gasteiger partial charge < -0.3 is 4.57 Å². The summed E-state index contributed by atoms with van der Waals surface area (Å²) in [4.78, 5) is 8.96. The number of fused-ring (bicyclic) bond motifs is 1. The van der Waals surface area contributed by atoms with E-state index in [9.17, 15) is 0 Å². The molecule has 0 fully saturated rings. The first-order chi connectivity index (χ1) is 7.95. The first-order valence-corrected chi connectivity index (χ1v) is 6.36. The van der Waals surface area contributed by atoms with Crippen LogP contribution in [0.25, 0.3) is 11.2 Å².